The highest BCUT2D eigenvalue weighted by Crippen LogP contribution is 2.29. The van der Waals surface area contributed by atoms with Gasteiger partial charge in [0.2, 0.25) is 0 Å². The Hall–Kier alpha value is -3.81. The molecule has 3 heterocycles. The summed E-state index contributed by atoms with van der Waals surface area (Å²) in [6.45, 7) is 1.00. The second kappa shape index (κ2) is 7.71. The number of amides is 2. The van der Waals surface area contributed by atoms with Crippen molar-refractivity contribution in [1.29, 1.82) is 0 Å². The lowest BCUT2D eigenvalue weighted by molar-refractivity contribution is 0.0692. The number of benzene rings is 2. The molecule has 0 saturated carbocycles. The molecule has 1 aliphatic heterocycles. The van der Waals surface area contributed by atoms with Crippen LogP contribution in [-0.2, 0) is 14.1 Å². The summed E-state index contributed by atoms with van der Waals surface area (Å²) < 4.78 is 4.18. The first-order chi connectivity index (χ1) is 15.4. The minimum absolute atomic E-state index is 0.0967. The van der Waals surface area contributed by atoms with Crippen molar-refractivity contribution >= 4 is 33.9 Å². The van der Waals surface area contributed by atoms with E-state index in [1.807, 2.05) is 49.0 Å². The standard InChI is InChI=1S/C24H25N5O3/c1-27-19-8-4-3-6-15(19)13-21(27)22-26-18-12-16(9-10-20(18)28(22)2)23(30)29-11-5-7-17(14-29)25-24(31)32/h3-4,6,8-10,12-13,17,25H,5,7,11,14H2,1-2H3,(H,31,32)/t17-/m0/s1. The normalized spacial score (nSPS) is 16.6. The minimum Gasteiger partial charge on any atom is -0.465 e. The number of carbonyl (C=O) groups excluding carboxylic acids is 1. The molecule has 2 amide bonds. The summed E-state index contributed by atoms with van der Waals surface area (Å²) in [6, 6.07) is 15.7. The van der Waals surface area contributed by atoms with E-state index in [4.69, 9.17) is 10.1 Å². The van der Waals surface area contributed by atoms with Crippen molar-refractivity contribution in [3.63, 3.8) is 0 Å². The Labute approximate surface area is 185 Å². The largest absolute Gasteiger partial charge is 0.465 e. The lowest BCUT2D eigenvalue weighted by Crippen LogP contribution is -2.49. The number of para-hydroxylation sites is 1. The number of aromatic nitrogens is 3. The molecular weight excluding hydrogens is 406 g/mol. The van der Waals surface area contributed by atoms with Crippen LogP contribution >= 0.6 is 0 Å². The monoisotopic (exact) mass is 431 g/mol. The van der Waals surface area contributed by atoms with Crippen molar-refractivity contribution in [2.75, 3.05) is 13.1 Å². The number of rotatable bonds is 3. The third kappa shape index (κ3) is 3.37. The molecule has 4 aromatic rings. The van der Waals surface area contributed by atoms with E-state index in [9.17, 15) is 9.59 Å². The van der Waals surface area contributed by atoms with Gasteiger partial charge < -0.3 is 24.5 Å². The van der Waals surface area contributed by atoms with Crippen LogP contribution in [0, 0.1) is 0 Å². The SMILES string of the molecule is Cn1c(-c2nc3cc(C(=O)N4CCC[C@H](NC(=O)O)C4)ccc3n2C)cc2ccccc21. The summed E-state index contributed by atoms with van der Waals surface area (Å²) in [6.07, 6.45) is 0.456. The van der Waals surface area contributed by atoms with Crippen molar-refractivity contribution in [2.45, 2.75) is 18.9 Å². The number of hydrogen-bond acceptors (Lipinski definition) is 3. The molecular formula is C24H25N5O3. The number of nitrogens with zero attached hydrogens (tertiary/aromatic N) is 4. The number of carboxylic acid groups (broad SMARTS) is 1. The van der Waals surface area contributed by atoms with Gasteiger partial charge in [0.1, 0.15) is 0 Å². The van der Waals surface area contributed by atoms with Gasteiger partial charge in [0.25, 0.3) is 5.91 Å². The van der Waals surface area contributed by atoms with Crippen molar-refractivity contribution in [3.05, 3.63) is 54.1 Å². The van der Waals surface area contributed by atoms with Crippen LogP contribution in [-0.4, -0.2) is 55.3 Å². The van der Waals surface area contributed by atoms with Gasteiger partial charge in [-0.05, 0) is 43.2 Å². The topological polar surface area (TPSA) is 92.4 Å². The fourth-order valence-electron chi connectivity index (χ4n) is 4.70. The molecule has 0 aliphatic carbocycles. The fraction of sp³-hybridized carbons (Fsp3) is 0.292. The highest BCUT2D eigenvalue weighted by atomic mass is 16.4. The van der Waals surface area contributed by atoms with Crippen LogP contribution in [0.2, 0.25) is 0 Å². The minimum atomic E-state index is -1.06. The maximum Gasteiger partial charge on any atom is 0.404 e. The number of likely N-dealkylation sites (tertiary alicyclic amines) is 1. The number of piperidine rings is 1. The Morgan fingerprint density at radius 3 is 2.66 bits per heavy atom. The molecule has 8 heteroatoms. The molecule has 32 heavy (non-hydrogen) atoms. The van der Waals surface area contributed by atoms with E-state index >= 15 is 0 Å². The van der Waals surface area contributed by atoms with E-state index in [0.717, 1.165) is 46.3 Å². The van der Waals surface area contributed by atoms with Crippen LogP contribution in [0.15, 0.2) is 48.5 Å². The van der Waals surface area contributed by atoms with Gasteiger partial charge in [0.05, 0.1) is 16.7 Å². The summed E-state index contributed by atoms with van der Waals surface area (Å²) in [7, 11) is 4.01. The zero-order chi connectivity index (χ0) is 22.4. The van der Waals surface area contributed by atoms with E-state index in [2.05, 4.69) is 28.1 Å². The summed E-state index contributed by atoms with van der Waals surface area (Å²) in [5, 5.41) is 12.6. The van der Waals surface area contributed by atoms with Gasteiger partial charge in [-0.2, -0.15) is 0 Å². The van der Waals surface area contributed by atoms with Gasteiger partial charge in [-0.15, -0.1) is 0 Å². The van der Waals surface area contributed by atoms with Gasteiger partial charge in [-0.1, -0.05) is 18.2 Å². The van der Waals surface area contributed by atoms with Gasteiger partial charge in [-0.25, -0.2) is 9.78 Å². The number of fused-ring (bicyclic) bond motifs is 2. The molecule has 5 rings (SSSR count). The summed E-state index contributed by atoms with van der Waals surface area (Å²) in [5.41, 5.74) is 4.42. The Kier molecular flexibility index (Phi) is 4.84. The number of hydrogen-bond donors (Lipinski definition) is 2. The highest BCUT2D eigenvalue weighted by molar-refractivity contribution is 5.98. The lowest BCUT2D eigenvalue weighted by Gasteiger charge is -2.32. The van der Waals surface area contributed by atoms with Crippen LogP contribution in [0.4, 0.5) is 4.79 Å². The summed E-state index contributed by atoms with van der Waals surface area (Å²) in [5.74, 6) is 0.743. The Morgan fingerprint density at radius 1 is 1.06 bits per heavy atom. The smallest absolute Gasteiger partial charge is 0.404 e. The van der Waals surface area contributed by atoms with Crippen molar-refractivity contribution in [3.8, 4) is 11.5 Å². The fourth-order valence-corrected chi connectivity index (χ4v) is 4.70. The number of aryl methyl sites for hydroxylation is 2. The maximum atomic E-state index is 13.1. The summed E-state index contributed by atoms with van der Waals surface area (Å²) >= 11 is 0. The first-order valence-electron chi connectivity index (χ1n) is 10.7. The third-order valence-corrected chi connectivity index (χ3v) is 6.34. The molecule has 2 aromatic carbocycles. The molecule has 8 nitrogen and oxygen atoms in total. The number of nitrogens with one attached hydrogen (secondary N) is 1. The van der Waals surface area contributed by atoms with Gasteiger partial charge >= 0.3 is 6.09 Å². The molecule has 0 unspecified atom stereocenters. The van der Waals surface area contributed by atoms with Crippen LogP contribution in [0.3, 0.4) is 0 Å². The quantitative estimate of drug-likeness (QED) is 0.518. The first kappa shape index (κ1) is 20.1. The number of imidazole rings is 1. The number of carbonyl (C=O) groups is 2. The Morgan fingerprint density at radius 2 is 1.88 bits per heavy atom. The van der Waals surface area contributed by atoms with Crippen LogP contribution in [0.1, 0.15) is 23.2 Å². The van der Waals surface area contributed by atoms with E-state index in [-0.39, 0.29) is 11.9 Å². The predicted octanol–water partition coefficient (Wildman–Crippen LogP) is 3.60. The highest BCUT2D eigenvalue weighted by Gasteiger charge is 2.26. The Balaban J connectivity index is 1.48. The molecule has 1 atom stereocenters. The zero-order valence-corrected chi connectivity index (χ0v) is 18.1. The summed E-state index contributed by atoms with van der Waals surface area (Å²) in [4.78, 5) is 30.7. The van der Waals surface area contributed by atoms with E-state index < -0.39 is 6.09 Å². The lowest BCUT2D eigenvalue weighted by atomic mass is 10.0. The molecule has 1 fully saturated rings. The van der Waals surface area contributed by atoms with E-state index in [0.29, 0.717) is 18.7 Å². The second-order valence-corrected chi connectivity index (χ2v) is 8.39. The second-order valence-electron chi connectivity index (χ2n) is 8.39. The van der Waals surface area contributed by atoms with Crippen LogP contribution < -0.4 is 5.32 Å². The average Bonchev–Trinajstić information content (AvgIpc) is 3.29. The Bertz CT molecular complexity index is 1350. The van der Waals surface area contributed by atoms with Crippen LogP contribution in [0.5, 0.6) is 0 Å². The van der Waals surface area contributed by atoms with Gasteiger partial charge in [0, 0.05) is 49.7 Å². The van der Waals surface area contributed by atoms with Crippen LogP contribution in [0.25, 0.3) is 33.5 Å². The third-order valence-electron chi connectivity index (χ3n) is 6.34. The molecule has 164 valence electrons. The zero-order valence-electron chi connectivity index (χ0n) is 18.1. The van der Waals surface area contributed by atoms with E-state index in [1.165, 1.54) is 0 Å². The van der Waals surface area contributed by atoms with Crippen molar-refractivity contribution in [2.24, 2.45) is 14.1 Å². The van der Waals surface area contributed by atoms with E-state index in [1.54, 1.807) is 4.90 Å². The van der Waals surface area contributed by atoms with Crippen molar-refractivity contribution in [1.82, 2.24) is 24.3 Å². The molecule has 0 bridgehead atoms. The van der Waals surface area contributed by atoms with Crippen molar-refractivity contribution < 1.29 is 14.7 Å². The molecule has 1 saturated heterocycles. The molecule has 0 radical (unpaired) electrons. The predicted molar refractivity (Wildman–Crippen MR) is 123 cm³/mol. The molecule has 2 aromatic heterocycles. The first-order valence-corrected chi connectivity index (χ1v) is 10.7. The van der Waals surface area contributed by atoms with Gasteiger partial charge in [0.15, 0.2) is 5.82 Å². The average molecular weight is 431 g/mol. The molecule has 0 spiro atoms. The van der Waals surface area contributed by atoms with Gasteiger partial charge in [-0.3, -0.25) is 4.79 Å². The molecule has 1 aliphatic rings. The maximum absolute atomic E-state index is 13.1. The molecule has 2 N–H and O–H groups in total.